The minimum absolute atomic E-state index is 0.116. The molecule has 3 heterocycles. The summed E-state index contributed by atoms with van der Waals surface area (Å²) in [5.41, 5.74) is 4.98. The zero-order valence-corrected chi connectivity index (χ0v) is 24.5. The van der Waals surface area contributed by atoms with Crippen LogP contribution in [0.1, 0.15) is 62.9 Å². The van der Waals surface area contributed by atoms with Crippen LogP contribution in [-0.4, -0.2) is 78.4 Å². The van der Waals surface area contributed by atoms with Gasteiger partial charge in [-0.05, 0) is 80.5 Å². The molecule has 1 aromatic carbocycles. The standard InChI is InChI=1S/C32H46N4O3/c1-24(2)12-16-35(17-13-25(3)4)32(37)27-14-18-36-30(23-27)29(7-6-15-34-19-21-39-22-20-34)31(33-36)26-8-10-28(38-5)11-9-26/h8-11,14,18,23-25H,6-7,12-13,15-17,19-22H2,1-5H3. The van der Waals surface area contributed by atoms with Crippen molar-refractivity contribution in [2.75, 3.05) is 53.0 Å². The number of fused-ring (bicyclic) bond motifs is 1. The Kier molecular flexibility index (Phi) is 10.4. The van der Waals surface area contributed by atoms with Gasteiger partial charge in [0.2, 0.25) is 0 Å². The highest BCUT2D eigenvalue weighted by Crippen LogP contribution is 2.30. The summed E-state index contributed by atoms with van der Waals surface area (Å²) in [5, 5.41) is 4.99. The monoisotopic (exact) mass is 534 g/mol. The second kappa shape index (κ2) is 13.9. The Labute approximate surface area is 234 Å². The minimum atomic E-state index is 0.116. The van der Waals surface area contributed by atoms with Gasteiger partial charge in [0.25, 0.3) is 5.91 Å². The van der Waals surface area contributed by atoms with E-state index < -0.39 is 0 Å². The van der Waals surface area contributed by atoms with Gasteiger partial charge in [0, 0.05) is 49.1 Å². The molecule has 1 saturated heterocycles. The van der Waals surface area contributed by atoms with Gasteiger partial charge in [-0.2, -0.15) is 5.10 Å². The highest BCUT2D eigenvalue weighted by molar-refractivity contribution is 5.95. The number of rotatable bonds is 13. The van der Waals surface area contributed by atoms with Crippen LogP contribution in [0, 0.1) is 11.8 Å². The fourth-order valence-electron chi connectivity index (χ4n) is 5.08. The number of carbonyl (C=O) groups excluding carboxylic acids is 1. The van der Waals surface area contributed by atoms with E-state index in [4.69, 9.17) is 14.6 Å². The molecule has 1 fully saturated rings. The van der Waals surface area contributed by atoms with Gasteiger partial charge in [-0.1, -0.05) is 27.7 Å². The van der Waals surface area contributed by atoms with Crippen LogP contribution in [0.4, 0.5) is 0 Å². The van der Waals surface area contributed by atoms with Gasteiger partial charge in [-0.25, -0.2) is 4.52 Å². The van der Waals surface area contributed by atoms with Gasteiger partial charge in [0.05, 0.1) is 31.5 Å². The molecule has 7 heteroatoms. The molecule has 0 saturated carbocycles. The third kappa shape index (κ3) is 7.83. The van der Waals surface area contributed by atoms with Gasteiger partial charge < -0.3 is 14.4 Å². The number of pyridine rings is 1. The molecule has 212 valence electrons. The van der Waals surface area contributed by atoms with Crippen LogP contribution in [0.3, 0.4) is 0 Å². The van der Waals surface area contributed by atoms with Crippen molar-refractivity contribution >= 4 is 11.4 Å². The summed E-state index contributed by atoms with van der Waals surface area (Å²) >= 11 is 0. The van der Waals surface area contributed by atoms with Crippen LogP contribution in [0.5, 0.6) is 5.75 Å². The molecule has 4 rings (SSSR count). The van der Waals surface area contributed by atoms with Crippen molar-refractivity contribution in [2.45, 2.75) is 53.4 Å². The molecule has 0 bridgehead atoms. The van der Waals surface area contributed by atoms with Crippen LogP contribution < -0.4 is 4.74 Å². The first-order chi connectivity index (χ1) is 18.9. The van der Waals surface area contributed by atoms with Crippen LogP contribution in [0.15, 0.2) is 42.6 Å². The number of carbonyl (C=O) groups is 1. The maximum Gasteiger partial charge on any atom is 0.253 e. The van der Waals surface area contributed by atoms with E-state index in [0.717, 1.165) is 99.7 Å². The van der Waals surface area contributed by atoms with Gasteiger partial charge in [-0.15, -0.1) is 0 Å². The molecule has 7 nitrogen and oxygen atoms in total. The number of ether oxygens (including phenoxy) is 2. The molecular formula is C32H46N4O3. The van der Waals surface area contributed by atoms with E-state index in [-0.39, 0.29) is 5.91 Å². The second-order valence-corrected chi connectivity index (χ2v) is 11.5. The molecule has 0 unspecified atom stereocenters. The third-order valence-corrected chi connectivity index (χ3v) is 7.59. The molecule has 1 amide bonds. The minimum Gasteiger partial charge on any atom is -0.497 e. The van der Waals surface area contributed by atoms with Crippen LogP contribution in [0.25, 0.3) is 16.8 Å². The molecule has 0 aliphatic carbocycles. The maximum absolute atomic E-state index is 13.8. The van der Waals surface area contributed by atoms with Crippen molar-refractivity contribution in [2.24, 2.45) is 11.8 Å². The highest BCUT2D eigenvalue weighted by atomic mass is 16.5. The molecule has 0 radical (unpaired) electrons. The Morgan fingerprint density at radius 3 is 2.31 bits per heavy atom. The Hall–Kier alpha value is -2.90. The number of benzene rings is 1. The summed E-state index contributed by atoms with van der Waals surface area (Å²) < 4.78 is 12.8. The maximum atomic E-state index is 13.8. The Morgan fingerprint density at radius 1 is 1.03 bits per heavy atom. The lowest BCUT2D eigenvalue weighted by atomic mass is 10.0. The number of hydrogen-bond donors (Lipinski definition) is 0. The molecule has 1 aliphatic heterocycles. The number of hydrogen-bond acceptors (Lipinski definition) is 5. The summed E-state index contributed by atoms with van der Waals surface area (Å²) in [6.45, 7) is 15.1. The lowest BCUT2D eigenvalue weighted by Gasteiger charge is -2.26. The second-order valence-electron chi connectivity index (χ2n) is 11.5. The van der Waals surface area contributed by atoms with Gasteiger partial charge in [-0.3, -0.25) is 9.69 Å². The fourth-order valence-corrected chi connectivity index (χ4v) is 5.08. The molecule has 1 aliphatic rings. The Morgan fingerprint density at radius 2 is 1.69 bits per heavy atom. The average molecular weight is 535 g/mol. The summed E-state index contributed by atoms with van der Waals surface area (Å²) in [4.78, 5) is 18.3. The van der Waals surface area contributed by atoms with E-state index >= 15 is 0 Å². The summed E-state index contributed by atoms with van der Waals surface area (Å²) in [5.74, 6) is 2.06. The zero-order chi connectivity index (χ0) is 27.8. The van der Waals surface area contributed by atoms with E-state index in [1.54, 1.807) is 7.11 Å². The van der Waals surface area contributed by atoms with Gasteiger partial charge in [0.15, 0.2) is 0 Å². The first-order valence-electron chi connectivity index (χ1n) is 14.6. The zero-order valence-electron chi connectivity index (χ0n) is 24.5. The largest absolute Gasteiger partial charge is 0.497 e. The lowest BCUT2D eigenvalue weighted by molar-refractivity contribution is 0.0375. The topological polar surface area (TPSA) is 59.3 Å². The first-order valence-corrected chi connectivity index (χ1v) is 14.6. The van der Waals surface area contributed by atoms with E-state index in [2.05, 4.69) is 50.8 Å². The fraction of sp³-hybridized carbons (Fsp3) is 0.562. The Bertz CT molecular complexity index is 1180. The summed E-state index contributed by atoms with van der Waals surface area (Å²) in [6.07, 6.45) is 5.88. The molecule has 3 aromatic rings. The number of morpholine rings is 1. The summed E-state index contributed by atoms with van der Waals surface area (Å²) in [6, 6.07) is 12.1. The molecule has 2 aromatic heterocycles. The smallest absolute Gasteiger partial charge is 0.253 e. The third-order valence-electron chi connectivity index (χ3n) is 7.59. The van der Waals surface area contributed by atoms with Crippen molar-refractivity contribution in [3.05, 3.63) is 53.7 Å². The van der Waals surface area contributed by atoms with Gasteiger partial charge in [0.1, 0.15) is 5.75 Å². The number of aryl methyl sites for hydroxylation is 1. The Balaban J connectivity index is 1.64. The van der Waals surface area contributed by atoms with E-state index in [9.17, 15) is 4.79 Å². The van der Waals surface area contributed by atoms with E-state index in [1.807, 2.05) is 33.8 Å². The van der Waals surface area contributed by atoms with Crippen LogP contribution >= 0.6 is 0 Å². The first kappa shape index (κ1) is 29.1. The summed E-state index contributed by atoms with van der Waals surface area (Å²) in [7, 11) is 1.68. The average Bonchev–Trinajstić information content (AvgIpc) is 3.30. The van der Waals surface area contributed by atoms with Gasteiger partial charge >= 0.3 is 0 Å². The molecule has 39 heavy (non-hydrogen) atoms. The van der Waals surface area contributed by atoms with E-state index in [0.29, 0.717) is 11.8 Å². The molecule has 0 atom stereocenters. The molecular weight excluding hydrogens is 488 g/mol. The number of aromatic nitrogens is 2. The highest BCUT2D eigenvalue weighted by Gasteiger charge is 2.21. The normalized spacial score (nSPS) is 14.4. The number of amides is 1. The SMILES string of the molecule is COc1ccc(-c2nn3ccc(C(=O)N(CCC(C)C)CCC(C)C)cc3c2CCCN2CCOCC2)cc1. The van der Waals surface area contributed by atoms with Crippen LogP contribution in [0.2, 0.25) is 0 Å². The number of methoxy groups -OCH3 is 1. The predicted octanol–water partition coefficient (Wildman–Crippen LogP) is 5.81. The van der Waals surface area contributed by atoms with Crippen molar-refractivity contribution in [3.8, 4) is 17.0 Å². The van der Waals surface area contributed by atoms with E-state index in [1.165, 1.54) is 5.56 Å². The van der Waals surface area contributed by atoms with Crippen LogP contribution in [-0.2, 0) is 11.2 Å². The van der Waals surface area contributed by atoms with Crippen molar-refractivity contribution in [1.82, 2.24) is 19.4 Å². The number of nitrogens with zero attached hydrogens (tertiary/aromatic N) is 4. The predicted molar refractivity (Wildman–Crippen MR) is 158 cm³/mol. The van der Waals surface area contributed by atoms with Crippen molar-refractivity contribution in [1.29, 1.82) is 0 Å². The van der Waals surface area contributed by atoms with Crippen molar-refractivity contribution < 1.29 is 14.3 Å². The molecule has 0 N–H and O–H groups in total. The lowest BCUT2D eigenvalue weighted by Crippen LogP contribution is -2.36. The van der Waals surface area contributed by atoms with Crippen molar-refractivity contribution in [3.63, 3.8) is 0 Å². The molecule has 0 spiro atoms. The quantitative estimate of drug-likeness (QED) is 0.277.